The average Bonchev–Trinajstić information content (AvgIpc) is 3.28. The van der Waals surface area contributed by atoms with Gasteiger partial charge in [-0.25, -0.2) is 9.97 Å². The minimum atomic E-state index is -0.897. The van der Waals surface area contributed by atoms with Gasteiger partial charge in [-0.3, -0.25) is 4.79 Å². The molecule has 3 rings (SSSR count). The number of ether oxygens (including phenoxy) is 2. The first-order valence-corrected chi connectivity index (χ1v) is 12.2. The van der Waals surface area contributed by atoms with Crippen LogP contribution >= 0.6 is 11.6 Å². The topological polar surface area (TPSA) is 190 Å². The number of hydrogen-bond donors (Lipinski definition) is 6. The van der Waals surface area contributed by atoms with Crippen LogP contribution in [0, 0.1) is 5.41 Å². The third-order valence-electron chi connectivity index (χ3n) is 5.74. The summed E-state index contributed by atoms with van der Waals surface area (Å²) in [6.07, 6.45) is 0.775. The highest BCUT2D eigenvalue weighted by atomic mass is 35.5. The predicted octanol–water partition coefficient (Wildman–Crippen LogP) is 1.11. The van der Waals surface area contributed by atoms with Crippen molar-refractivity contribution in [3.05, 3.63) is 40.7 Å². The lowest BCUT2D eigenvalue weighted by Crippen LogP contribution is -2.33. The van der Waals surface area contributed by atoms with Gasteiger partial charge in [0.1, 0.15) is 18.5 Å². The monoisotopic (exact) mass is 535 g/mol. The third kappa shape index (κ3) is 8.71. The molecule has 1 saturated heterocycles. The molecule has 202 valence electrons. The lowest BCUT2D eigenvalue weighted by atomic mass is 9.83. The minimum Gasteiger partial charge on any atom is -0.491 e. The number of nitrogens with one attached hydrogen (secondary N) is 2. The van der Waals surface area contributed by atoms with Crippen molar-refractivity contribution in [2.75, 3.05) is 37.8 Å². The molecule has 0 spiro atoms. The average molecular weight is 536 g/mol. The van der Waals surface area contributed by atoms with Crippen LogP contribution in [-0.2, 0) is 11.3 Å². The number of nitrogen functional groups attached to an aromatic ring is 2. The number of aliphatic imine (C=N–C) groups is 1. The number of hydrogen-bond acceptors (Lipinski definition) is 9. The van der Waals surface area contributed by atoms with E-state index in [-0.39, 0.29) is 47.2 Å². The van der Waals surface area contributed by atoms with Gasteiger partial charge in [0.15, 0.2) is 28.4 Å². The summed E-state index contributed by atoms with van der Waals surface area (Å²) in [5.41, 5.74) is 12.1. The van der Waals surface area contributed by atoms with E-state index in [2.05, 4.69) is 39.4 Å². The Hall–Kier alpha value is -3.19. The Morgan fingerprint density at radius 2 is 2.00 bits per heavy atom. The predicted molar refractivity (Wildman–Crippen MR) is 140 cm³/mol. The highest BCUT2D eigenvalue weighted by Crippen LogP contribution is 2.28. The van der Waals surface area contributed by atoms with Gasteiger partial charge in [0.2, 0.25) is 0 Å². The van der Waals surface area contributed by atoms with Crippen LogP contribution in [0.5, 0.6) is 5.75 Å². The van der Waals surface area contributed by atoms with Gasteiger partial charge in [0, 0.05) is 19.2 Å². The largest absolute Gasteiger partial charge is 0.491 e. The molecular weight excluding hydrogens is 502 g/mol. The lowest BCUT2D eigenvalue weighted by Gasteiger charge is -2.27. The summed E-state index contributed by atoms with van der Waals surface area (Å²) in [7, 11) is 0. The Bertz CT molecular complexity index is 1100. The molecule has 0 unspecified atom stereocenters. The zero-order valence-electron chi connectivity index (χ0n) is 20.9. The number of nitrogens with two attached hydrogens (primary N) is 2. The van der Waals surface area contributed by atoms with Crippen molar-refractivity contribution < 1.29 is 24.5 Å². The van der Waals surface area contributed by atoms with Gasteiger partial charge in [-0.15, -0.1) is 0 Å². The van der Waals surface area contributed by atoms with Gasteiger partial charge >= 0.3 is 5.91 Å². The second-order valence-corrected chi connectivity index (χ2v) is 9.94. The van der Waals surface area contributed by atoms with Crippen LogP contribution in [0.3, 0.4) is 0 Å². The normalized spacial score (nSPS) is 17.3. The highest BCUT2D eigenvalue weighted by Gasteiger charge is 2.28. The van der Waals surface area contributed by atoms with E-state index in [4.69, 9.17) is 37.6 Å². The molecule has 12 nitrogen and oxygen atoms in total. The van der Waals surface area contributed by atoms with E-state index in [1.165, 1.54) is 0 Å². The SMILES string of the molecule is CC(C)(CCOCc1ccc(OC[C@@H](O)CO)cc1)C[C@H]1CN/C(=N/C(=O)c2nc(Cl)c(N)nc2N)N1. The molecular formula is C24H34ClN7O5. The zero-order valence-corrected chi connectivity index (χ0v) is 21.7. The summed E-state index contributed by atoms with van der Waals surface area (Å²) in [5, 5.41) is 24.4. The number of aliphatic hydroxyl groups is 2. The van der Waals surface area contributed by atoms with E-state index in [0.717, 1.165) is 18.4 Å². The number of aliphatic hydroxyl groups excluding tert-OH is 2. The maximum Gasteiger partial charge on any atom is 0.302 e. The van der Waals surface area contributed by atoms with Crippen LogP contribution in [0.4, 0.5) is 11.6 Å². The van der Waals surface area contributed by atoms with Crippen molar-refractivity contribution in [3.8, 4) is 5.75 Å². The summed E-state index contributed by atoms with van der Waals surface area (Å²) < 4.78 is 11.3. The molecule has 0 radical (unpaired) electrons. The van der Waals surface area contributed by atoms with Crippen LogP contribution in [0.2, 0.25) is 5.15 Å². The van der Waals surface area contributed by atoms with Crippen molar-refractivity contribution in [2.24, 2.45) is 10.4 Å². The van der Waals surface area contributed by atoms with Gasteiger partial charge in [-0.2, -0.15) is 4.99 Å². The van der Waals surface area contributed by atoms with Crippen molar-refractivity contribution in [3.63, 3.8) is 0 Å². The summed E-state index contributed by atoms with van der Waals surface area (Å²) in [6.45, 7) is 5.70. The maximum atomic E-state index is 12.5. The van der Waals surface area contributed by atoms with E-state index in [1.807, 2.05) is 12.1 Å². The number of carbonyl (C=O) groups is 1. The Kier molecular flexibility index (Phi) is 9.86. The molecule has 13 heteroatoms. The number of halogens is 1. The van der Waals surface area contributed by atoms with Gasteiger partial charge in [0.25, 0.3) is 0 Å². The number of guanidine groups is 1. The molecule has 0 saturated carbocycles. The summed E-state index contributed by atoms with van der Waals surface area (Å²) in [6, 6.07) is 7.49. The Balaban J connectivity index is 1.41. The molecule has 1 amide bonds. The summed E-state index contributed by atoms with van der Waals surface area (Å²) in [4.78, 5) is 24.2. The number of carbonyl (C=O) groups excluding carboxylic acids is 1. The molecule has 2 heterocycles. The molecule has 0 aliphatic carbocycles. The maximum absolute atomic E-state index is 12.5. The van der Waals surface area contributed by atoms with Gasteiger partial charge in [-0.05, 0) is 36.0 Å². The Morgan fingerprint density at radius 1 is 1.27 bits per heavy atom. The number of amides is 1. The second kappa shape index (κ2) is 12.9. The first kappa shape index (κ1) is 28.4. The van der Waals surface area contributed by atoms with E-state index >= 15 is 0 Å². The van der Waals surface area contributed by atoms with Crippen molar-refractivity contribution >= 4 is 35.1 Å². The minimum absolute atomic E-state index is 0.0234. The fraction of sp³-hybridized carbons (Fsp3) is 0.500. The Labute approximate surface area is 220 Å². The van der Waals surface area contributed by atoms with E-state index in [1.54, 1.807) is 12.1 Å². The number of benzene rings is 1. The molecule has 37 heavy (non-hydrogen) atoms. The number of anilines is 2. The third-order valence-corrected chi connectivity index (χ3v) is 6.02. The molecule has 2 atom stereocenters. The molecule has 1 aliphatic rings. The highest BCUT2D eigenvalue weighted by molar-refractivity contribution is 6.31. The van der Waals surface area contributed by atoms with E-state index < -0.39 is 12.0 Å². The van der Waals surface area contributed by atoms with Gasteiger partial charge in [-0.1, -0.05) is 37.6 Å². The first-order chi connectivity index (χ1) is 17.6. The van der Waals surface area contributed by atoms with Crippen LogP contribution < -0.4 is 26.8 Å². The smallest absolute Gasteiger partial charge is 0.302 e. The van der Waals surface area contributed by atoms with Crippen molar-refractivity contribution in [2.45, 2.75) is 45.4 Å². The Morgan fingerprint density at radius 3 is 2.70 bits per heavy atom. The number of nitrogens with zero attached hydrogens (tertiary/aromatic N) is 3. The molecule has 2 aromatic rings. The van der Waals surface area contributed by atoms with Crippen LogP contribution in [0.15, 0.2) is 29.3 Å². The first-order valence-electron chi connectivity index (χ1n) is 11.9. The van der Waals surface area contributed by atoms with Crippen LogP contribution in [0.25, 0.3) is 0 Å². The fourth-order valence-corrected chi connectivity index (χ4v) is 3.83. The number of rotatable bonds is 12. The van der Waals surface area contributed by atoms with Crippen molar-refractivity contribution in [1.29, 1.82) is 0 Å². The van der Waals surface area contributed by atoms with E-state index in [0.29, 0.717) is 31.5 Å². The van der Waals surface area contributed by atoms with Crippen LogP contribution in [-0.4, -0.2) is 70.6 Å². The number of aromatic nitrogens is 2. The molecule has 1 aromatic carbocycles. The van der Waals surface area contributed by atoms with Gasteiger partial charge < -0.3 is 41.8 Å². The quantitative estimate of drug-likeness (QED) is 0.213. The zero-order chi connectivity index (χ0) is 27.0. The summed E-state index contributed by atoms with van der Waals surface area (Å²) in [5.74, 6) is 0.112. The molecule has 1 aliphatic heterocycles. The van der Waals surface area contributed by atoms with Crippen LogP contribution in [0.1, 0.15) is 42.7 Å². The molecule has 1 fully saturated rings. The standard InChI is InChI=1S/C24H34ClN7O5/c1-24(2,7-8-36-12-14-3-5-17(6-4-14)37-13-16(34)11-33)9-15-10-28-23(29-15)32-22(35)18-20(26)31-21(27)19(25)30-18/h3-6,15-16,33-34H,7-13H2,1-2H3,(H4,26,27,31)(H2,28,29,32,35)/t15-,16-/m0/s1. The summed E-state index contributed by atoms with van der Waals surface area (Å²) >= 11 is 5.85. The second-order valence-electron chi connectivity index (χ2n) is 9.58. The van der Waals surface area contributed by atoms with Gasteiger partial charge in [0.05, 0.1) is 13.2 Å². The van der Waals surface area contributed by atoms with E-state index in [9.17, 15) is 9.90 Å². The fourth-order valence-electron chi connectivity index (χ4n) is 3.70. The molecule has 1 aromatic heterocycles. The molecule has 0 bridgehead atoms. The molecule has 8 N–H and O–H groups in total. The lowest BCUT2D eigenvalue weighted by molar-refractivity contribution is 0.0535. The van der Waals surface area contributed by atoms with Crippen molar-refractivity contribution in [1.82, 2.24) is 20.6 Å².